The van der Waals surface area contributed by atoms with Gasteiger partial charge in [-0.25, -0.2) is 0 Å². The smallest absolute Gasteiger partial charge is 0.141 e. The van der Waals surface area contributed by atoms with E-state index in [2.05, 4.69) is 28.9 Å². The zero-order valence-corrected chi connectivity index (χ0v) is 11.8. The van der Waals surface area contributed by atoms with Gasteiger partial charge in [-0.15, -0.1) is 0 Å². The summed E-state index contributed by atoms with van der Waals surface area (Å²) in [4.78, 5) is 8.87. The van der Waals surface area contributed by atoms with Crippen LogP contribution in [0.5, 0.6) is 0 Å². The van der Waals surface area contributed by atoms with Crippen molar-refractivity contribution in [2.75, 3.05) is 27.2 Å². The molecule has 2 rings (SSSR count). The maximum Gasteiger partial charge on any atom is 0.141 e. The average molecular weight is 261 g/mol. The Kier molecular flexibility index (Phi) is 4.50. The van der Waals surface area contributed by atoms with E-state index >= 15 is 0 Å². The van der Waals surface area contributed by atoms with Crippen molar-refractivity contribution in [2.45, 2.75) is 25.4 Å². The van der Waals surface area contributed by atoms with Gasteiger partial charge in [-0.1, -0.05) is 0 Å². The quantitative estimate of drug-likeness (QED) is 0.624. The van der Waals surface area contributed by atoms with Crippen LogP contribution >= 0.6 is 0 Å². The third kappa shape index (κ3) is 3.75. The van der Waals surface area contributed by atoms with Gasteiger partial charge in [-0.2, -0.15) is 0 Å². The Morgan fingerprint density at radius 2 is 2.42 bits per heavy atom. The molecule has 1 unspecified atom stereocenters. The zero-order chi connectivity index (χ0) is 13.8. The molecule has 1 fully saturated rings. The molecule has 1 atom stereocenters. The number of nitrogens with zero attached hydrogens (tertiary/aromatic N) is 3. The summed E-state index contributed by atoms with van der Waals surface area (Å²) in [5, 5.41) is 7.43. The molecular formula is C14H23N5. The van der Waals surface area contributed by atoms with Crippen LogP contribution in [0.2, 0.25) is 0 Å². The topological polar surface area (TPSA) is 69.2 Å². The first-order valence-corrected chi connectivity index (χ1v) is 6.74. The van der Waals surface area contributed by atoms with Gasteiger partial charge in [0.25, 0.3) is 0 Å². The SMILES string of the molecule is CN1CCCC(N(C)Cc2ccnc(C(=N)N)c2)C1. The number of amidine groups is 1. The second kappa shape index (κ2) is 6.12. The van der Waals surface area contributed by atoms with Crippen molar-refractivity contribution in [3.05, 3.63) is 29.6 Å². The van der Waals surface area contributed by atoms with E-state index in [1.165, 1.54) is 19.4 Å². The van der Waals surface area contributed by atoms with Crippen molar-refractivity contribution in [1.82, 2.24) is 14.8 Å². The van der Waals surface area contributed by atoms with E-state index in [1.54, 1.807) is 6.20 Å². The Labute approximate surface area is 114 Å². The fourth-order valence-corrected chi connectivity index (χ4v) is 2.64. The highest BCUT2D eigenvalue weighted by molar-refractivity contribution is 5.93. The number of nitrogens with one attached hydrogen (secondary N) is 1. The fraction of sp³-hybridized carbons (Fsp3) is 0.571. The van der Waals surface area contributed by atoms with Crippen LogP contribution in [-0.4, -0.2) is 53.8 Å². The molecule has 0 aliphatic carbocycles. The number of aromatic nitrogens is 1. The fourth-order valence-electron chi connectivity index (χ4n) is 2.64. The first-order chi connectivity index (χ1) is 9.06. The summed E-state index contributed by atoms with van der Waals surface area (Å²) in [7, 11) is 4.35. The third-order valence-electron chi connectivity index (χ3n) is 3.76. The Bertz CT molecular complexity index is 445. The Morgan fingerprint density at radius 3 is 3.11 bits per heavy atom. The highest BCUT2D eigenvalue weighted by atomic mass is 15.2. The van der Waals surface area contributed by atoms with Crippen LogP contribution in [0.15, 0.2) is 18.3 Å². The molecule has 0 aromatic carbocycles. The summed E-state index contributed by atoms with van der Waals surface area (Å²) in [6, 6.07) is 4.51. The Morgan fingerprint density at radius 1 is 1.63 bits per heavy atom. The minimum absolute atomic E-state index is 0.0295. The van der Waals surface area contributed by atoms with Crippen LogP contribution in [0.4, 0.5) is 0 Å². The van der Waals surface area contributed by atoms with Crippen molar-refractivity contribution in [3.8, 4) is 0 Å². The number of likely N-dealkylation sites (tertiary alicyclic amines) is 1. The van der Waals surface area contributed by atoms with E-state index in [0.717, 1.165) is 18.7 Å². The summed E-state index contributed by atoms with van der Waals surface area (Å²) >= 11 is 0. The summed E-state index contributed by atoms with van der Waals surface area (Å²) in [6.07, 6.45) is 4.25. The van der Waals surface area contributed by atoms with Crippen molar-refractivity contribution in [1.29, 1.82) is 5.41 Å². The van der Waals surface area contributed by atoms with E-state index in [4.69, 9.17) is 11.1 Å². The minimum Gasteiger partial charge on any atom is -0.382 e. The molecule has 0 amide bonds. The van der Waals surface area contributed by atoms with E-state index in [1.807, 2.05) is 12.1 Å². The van der Waals surface area contributed by atoms with Gasteiger partial charge in [-0.05, 0) is 51.2 Å². The Hall–Kier alpha value is -1.46. The molecule has 1 aromatic rings. The van der Waals surface area contributed by atoms with Crippen molar-refractivity contribution >= 4 is 5.84 Å². The van der Waals surface area contributed by atoms with E-state index in [-0.39, 0.29) is 5.84 Å². The van der Waals surface area contributed by atoms with Crippen LogP contribution in [0.25, 0.3) is 0 Å². The van der Waals surface area contributed by atoms with E-state index in [0.29, 0.717) is 11.7 Å². The molecule has 2 heterocycles. The largest absolute Gasteiger partial charge is 0.382 e. The molecule has 0 spiro atoms. The van der Waals surface area contributed by atoms with Gasteiger partial charge in [0.15, 0.2) is 0 Å². The summed E-state index contributed by atoms with van der Waals surface area (Å²) in [5.41, 5.74) is 7.20. The lowest BCUT2D eigenvalue weighted by Gasteiger charge is -2.35. The van der Waals surface area contributed by atoms with Crippen molar-refractivity contribution in [2.24, 2.45) is 5.73 Å². The number of rotatable bonds is 4. The number of piperidine rings is 1. The minimum atomic E-state index is 0.0295. The molecule has 104 valence electrons. The summed E-state index contributed by atoms with van der Waals surface area (Å²) in [5.74, 6) is 0.0295. The van der Waals surface area contributed by atoms with Gasteiger partial charge in [0.1, 0.15) is 11.5 Å². The predicted molar refractivity (Wildman–Crippen MR) is 77.2 cm³/mol. The van der Waals surface area contributed by atoms with E-state index < -0.39 is 0 Å². The molecule has 5 nitrogen and oxygen atoms in total. The molecule has 1 aliphatic rings. The summed E-state index contributed by atoms with van der Waals surface area (Å²) < 4.78 is 0. The van der Waals surface area contributed by atoms with Gasteiger partial charge in [0, 0.05) is 25.3 Å². The standard InChI is InChI=1S/C14H23N5/c1-18-7-3-4-12(10-18)19(2)9-11-5-6-17-13(8-11)14(15)16/h5-6,8,12H,3-4,7,9-10H2,1-2H3,(H3,15,16). The van der Waals surface area contributed by atoms with Crippen LogP contribution in [0.3, 0.4) is 0 Å². The van der Waals surface area contributed by atoms with Gasteiger partial charge >= 0.3 is 0 Å². The maximum absolute atomic E-state index is 7.43. The van der Waals surface area contributed by atoms with Gasteiger partial charge in [0.05, 0.1) is 0 Å². The molecule has 1 saturated heterocycles. The van der Waals surface area contributed by atoms with Crippen LogP contribution in [0.1, 0.15) is 24.1 Å². The normalized spacial score (nSPS) is 20.7. The lowest BCUT2D eigenvalue weighted by Crippen LogP contribution is -2.44. The molecule has 0 saturated carbocycles. The average Bonchev–Trinajstić information content (AvgIpc) is 2.39. The molecule has 0 bridgehead atoms. The van der Waals surface area contributed by atoms with Crippen LogP contribution in [0, 0.1) is 5.41 Å². The molecule has 5 heteroatoms. The maximum atomic E-state index is 7.43. The molecule has 0 radical (unpaired) electrons. The van der Waals surface area contributed by atoms with Crippen LogP contribution < -0.4 is 5.73 Å². The molecule has 19 heavy (non-hydrogen) atoms. The van der Waals surface area contributed by atoms with Crippen molar-refractivity contribution in [3.63, 3.8) is 0 Å². The monoisotopic (exact) mass is 261 g/mol. The molecular weight excluding hydrogens is 238 g/mol. The van der Waals surface area contributed by atoms with Crippen molar-refractivity contribution < 1.29 is 0 Å². The van der Waals surface area contributed by atoms with Gasteiger partial charge in [0.2, 0.25) is 0 Å². The molecule has 1 aromatic heterocycles. The third-order valence-corrected chi connectivity index (χ3v) is 3.76. The zero-order valence-electron chi connectivity index (χ0n) is 11.8. The number of hydrogen-bond acceptors (Lipinski definition) is 4. The number of likely N-dealkylation sites (N-methyl/N-ethyl adjacent to an activating group) is 2. The second-order valence-electron chi connectivity index (χ2n) is 5.44. The number of nitrogens with two attached hydrogens (primary N) is 1. The number of hydrogen-bond donors (Lipinski definition) is 2. The second-order valence-corrected chi connectivity index (χ2v) is 5.44. The van der Waals surface area contributed by atoms with Gasteiger partial charge in [-0.3, -0.25) is 15.3 Å². The van der Waals surface area contributed by atoms with Crippen LogP contribution in [-0.2, 0) is 6.54 Å². The molecule has 1 aliphatic heterocycles. The lowest BCUT2D eigenvalue weighted by atomic mass is 10.0. The first kappa shape index (κ1) is 14.0. The Balaban J connectivity index is 1.99. The lowest BCUT2D eigenvalue weighted by molar-refractivity contribution is 0.129. The predicted octanol–water partition coefficient (Wildman–Crippen LogP) is 0.892. The van der Waals surface area contributed by atoms with E-state index in [9.17, 15) is 0 Å². The highest BCUT2D eigenvalue weighted by Gasteiger charge is 2.21. The summed E-state index contributed by atoms with van der Waals surface area (Å²) in [6.45, 7) is 3.20. The number of pyridine rings is 1. The highest BCUT2D eigenvalue weighted by Crippen LogP contribution is 2.16. The van der Waals surface area contributed by atoms with Gasteiger partial charge < -0.3 is 10.6 Å². The first-order valence-electron chi connectivity index (χ1n) is 6.74. The molecule has 3 N–H and O–H groups in total. The number of nitrogen functional groups attached to an aromatic ring is 1.